The first kappa shape index (κ1) is 11.2. The predicted octanol–water partition coefficient (Wildman–Crippen LogP) is 2.91. The first-order valence-corrected chi connectivity index (χ1v) is 5.91. The van der Waals surface area contributed by atoms with Crippen molar-refractivity contribution < 1.29 is 9.53 Å². The van der Waals surface area contributed by atoms with Gasteiger partial charge in [-0.3, -0.25) is 4.79 Å². The lowest BCUT2D eigenvalue weighted by Crippen LogP contribution is -2.30. The van der Waals surface area contributed by atoms with Crippen molar-refractivity contribution in [3.63, 3.8) is 0 Å². The Morgan fingerprint density at radius 1 is 1.56 bits per heavy atom. The molecular formula is C14H18O2. The van der Waals surface area contributed by atoms with Gasteiger partial charge in [0.1, 0.15) is 5.75 Å². The molecule has 1 aromatic carbocycles. The standard InChI is InChI=1S/C14H18O2/c1-4-10(3)14(15)13-8-11-6-5-9(2)7-12(11)16-13/h5-7,10,13H,4,8H2,1-3H3. The van der Waals surface area contributed by atoms with Gasteiger partial charge in [-0.25, -0.2) is 0 Å². The van der Waals surface area contributed by atoms with E-state index in [4.69, 9.17) is 4.74 Å². The van der Waals surface area contributed by atoms with Gasteiger partial charge < -0.3 is 4.74 Å². The molecule has 1 aliphatic rings. The maximum absolute atomic E-state index is 12.0. The van der Waals surface area contributed by atoms with E-state index in [-0.39, 0.29) is 17.8 Å². The van der Waals surface area contributed by atoms with E-state index >= 15 is 0 Å². The van der Waals surface area contributed by atoms with E-state index in [1.54, 1.807) is 0 Å². The highest BCUT2D eigenvalue weighted by molar-refractivity contribution is 5.86. The van der Waals surface area contributed by atoms with E-state index in [9.17, 15) is 4.79 Å². The molecular weight excluding hydrogens is 200 g/mol. The maximum Gasteiger partial charge on any atom is 0.176 e. The van der Waals surface area contributed by atoms with Crippen molar-refractivity contribution in [2.45, 2.75) is 39.7 Å². The van der Waals surface area contributed by atoms with Crippen molar-refractivity contribution in [2.75, 3.05) is 0 Å². The minimum Gasteiger partial charge on any atom is -0.482 e. The van der Waals surface area contributed by atoms with E-state index in [0.717, 1.165) is 24.2 Å². The lowest BCUT2D eigenvalue weighted by atomic mass is 9.96. The van der Waals surface area contributed by atoms with Gasteiger partial charge in [0.15, 0.2) is 11.9 Å². The normalized spacial score (nSPS) is 20.1. The molecule has 0 fully saturated rings. The average Bonchev–Trinajstić information content (AvgIpc) is 2.69. The summed E-state index contributed by atoms with van der Waals surface area (Å²) < 4.78 is 5.72. The monoisotopic (exact) mass is 218 g/mol. The van der Waals surface area contributed by atoms with Crippen LogP contribution in [0.15, 0.2) is 18.2 Å². The number of benzene rings is 1. The predicted molar refractivity (Wildman–Crippen MR) is 63.8 cm³/mol. The minimum atomic E-state index is -0.258. The van der Waals surface area contributed by atoms with Gasteiger partial charge in [-0.05, 0) is 30.5 Å². The Hall–Kier alpha value is -1.31. The van der Waals surface area contributed by atoms with E-state index < -0.39 is 0 Å². The Labute approximate surface area is 96.6 Å². The summed E-state index contributed by atoms with van der Waals surface area (Å²) in [4.78, 5) is 12.0. The molecule has 1 aromatic rings. The van der Waals surface area contributed by atoms with E-state index in [1.165, 1.54) is 5.56 Å². The molecule has 1 heterocycles. The van der Waals surface area contributed by atoms with Crippen LogP contribution in [0.3, 0.4) is 0 Å². The number of hydrogen-bond acceptors (Lipinski definition) is 2. The number of rotatable bonds is 3. The van der Waals surface area contributed by atoms with Crippen LogP contribution >= 0.6 is 0 Å². The molecule has 2 nitrogen and oxygen atoms in total. The van der Waals surface area contributed by atoms with Gasteiger partial charge >= 0.3 is 0 Å². The molecule has 16 heavy (non-hydrogen) atoms. The smallest absolute Gasteiger partial charge is 0.176 e. The van der Waals surface area contributed by atoms with Crippen LogP contribution < -0.4 is 4.74 Å². The third-order valence-corrected chi connectivity index (χ3v) is 3.31. The number of carbonyl (C=O) groups is 1. The zero-order chi connectivity index (χ0) is 11.7. The molecule has 2 heteroatoms. The van der Waals surface area contributed by atoms with Crippen LogP contribution in [0, 0.1) is 12.8 Å². The molecule has 2 atom stereocenters. The molecule has 0 saturated carbocycles. The molecule has 86 valence electrons. The topological polar surface area (TPSA) is 26.3 Å². The molecule has 0 saturated heterocycles. The molecule has 0 spiro atoms. The molecule has 0 bridgehead atoms. The maximum atomic E-state index is 12.0. The SMILES string of the molecule is CCC(C)C(=O)C1Cc2ccc(C)cc2O1. The fourth-order valence-electron chi connectivity index (χ4n) is 2.01. The number of aryl methyl sites for hydroxylation is 1. The van der Waals surface area contributed by atoms with Gasteiger partial charge in [0, 0.05) is 12.3 Å². The summed E-state index contributed by atoms with van der Waals surface area (Å²) in [5.41, 5.74) is 2.34. The number of hydrogen-bond donors (Lipinski definition) is 0. The summed E-state index contributed by atoms with van der Waals surface area (Å²) >= 11 is 0. The van der Waals surface area contributed by atoms with Crippen molar-refractivity contribution in [2.24, 2.45) is 5.92 Å². The lowest BCUT2D eigenvalue weighted by molar-refractivity contribution is -0.128. The Bertz CT molecular complexity index is 409. The molecule has 0 radical (unpaired) electrons. The number of ether oxygens (including phenoxy) is 1. The second-order valence-corrected chi connectivity index (χ2v) is 4.63. The summed E-state index contributed by atoms with van der Waals surface area (Å²) in [6, 6.07) is 6.14. The number of Topliss-reactive ketones (excluding diaryl/α,β-unsaturated/α-hetero) is 1. The molecule has 0 aromatic heterocycles. The minimum absolute atomic E-state index is 0.0976. The van der Waals surface area contributed by atoms with Crippen molar-refractivity contribution in [1.29, 1.82) is 0 Å². The number of fused-ring (bicyclic) bond motifs is 1. The Balaban J connectivity index is 2.14. The van der Waals surface area contributed by atoms with Crippen LogP contribution in [0.1, 0.15) is 31.4 Å². The van der Waals surface area contributed by atoms with Gasteiger partial charge in [-0.2, -0.15) is 0 Å². The van der Waals surface area contributed by atoms with Crippen LogP contribution in [0.2, 0.25) is 0 Å². The largest absolute Gasteiger partial charge is 0.482 e. The second kappa shape index (κ2) is 4.28. The van der Waals surface area contributed by atoms with Crippen LogP contribution in [-0.4, -0.2) is 11.9 Å². The van der Waals surface area contributed by atoms with Gasteiger partial charge in [-0.15, -0.1) is 0 Å². The molecule has 0 amide bonds. The third kappa shape index (κ3) is 1.97. The van der Waals surface area contributed by atoms with E-state index in [1.807, 2.05) is 26.8 Å². The lowest BCUT2D eigenvalue weighted by Gasteiger charge is -2.13. The summed E-state index contributed by atoms with van der Waals surface area (Å²) in [5.74, 6) is 1.22. The number of ketones is 1. The summed E-state index contributed by atoms with van der Waals surface area (Å²) in [5, 5.41) is 0. The van der Waals surface area contributed by atoms with Crippen molar-refractivity contribution in [3.05, 3.63) is 29.3 Å². The highest BCUT2D eigenvalue weighted by Gasteiger charge is 2.31. The summed E-state index contributed by atoms with van der Waals surface area (Å²) in [7, 11) is 0. The zero-order valence-electron chi connectivity index (χ0n) is 10.1. The molecule has 0 N–H and O–H groups in total. The van der Waals surface area contributed by atoms with Gasteiger partial charge in [0.05, 0.1) is 0 Å². The summed E-state index contributed by atoms with van der Waals surface area (Å²) in [6.07, 6.45) is 1.36. The van der Waals surface area contributed by atoms with Gasteiger partial charge in [0.25, 0.3) is 0 Å². The van der Waals surface area contributed by atoms with E-state index in [2.05, 4.69) is 12.1 Å². The van der Waals surface area contributed by atoms with Gasteiger partial charge in [0.2, 0.25) is 0 Å². The third-order valence-electron chi connectivity index (χ3n) is 3.31. The molecule has 2 rings (SSSR count). The first-order chi connectivity index (χ1) is 7.61. The van der Waals surface area contributed by atoms with Gasteiger partial charge in [-0.1, -0.05) is 26.0 Å². The van der Waals surface area contributed by atoms with Crippen molar-refractivity contribution in [3.8, 4) is 5.75 Å². The highest BCUT2D eigenvalue weighted by Crippen LogP contribution is 2.31. The molecule has 0 aliphatic carbocycles. The average molecular weight is 218 g/mol. The fraction of sp³-hybridized carbons (Fsp3) is 0.500. The van der Waals surface area contributed by atoms with Crippen molar-refractivity contribution >= 4 is 5.78 Å². The zero-order valence-corrected chi connectivity index (χ0v) is 10.1. The fourth-order valence-corrected chi connectivity index (χ4v) is 2.01. The first-order valence-electron chi connectivity index (χ1n) is 5.91. The quantitative estimate of drug-likeness (QED) is 0.779. The second-order valence-electron chi connectivity index (χ2n) is 4.63. The van der Waals surface area contributed by atoms with E-state index in [0.29, 0.717) is 0 Å². The molecule has 2 unspecified atom stereocenters. The van der Waals surface area contributed by atoms with Crippen molar-refractivity contribution in [1.82, 2.24) is 0 Å². The van der Waals surface area contributed by atoms with Crippen LogP contribution in [0.25, 0.3) is 0 Å². The Morgan fingerprint density at radius 3 is 3.00 bits per heavy atom. The van der Waals surface area contributed by atoms with Crippen LogP contribution in [0.4, 0.5) is 0 Å². The Kier molecular flexibility index (Phi) is 2.99. The Morgan fingerprint density at radius 2 is 2.31 bits per heavy atom. The highest BCUT2D eigenvalue weighted by atomic mass is 16.5. The van der Waals surface area contributed by atoms with Crippen LogP contribution in [-0.2, 0) is 11.2 Å². The number of carbonyl (C=O) groups excluding carboxylic acids is 1. The van der Waals surface area contributed by atoms with Crippen LogP contribution in [0.5, 0.6) is 5.75 Å². The molecule has 1 aliphatic heterocycles. The summed E-state index contributed by atoms with van der Waals surface area (Å²) in [6.45, 7) is 6.04.